The van der Waals surface area contributed by atoms with Crippen LogP contribution in [-0.2, 0) is 0 Å². The highest BCUT2D eigenvalue weighted by molar-refractivity contribution is 7.97. The first-order valence-electron chi connectivity index (χ1n) is 7.03. The lowest BCUT2D eigenvalue weighted by atomic mass is 9.94. The maximum absolute atomic E-state index is 13.8. The van der Waals surface area contributed by atoms with E-state index in [9.17, 15) is 52.7 Å². The van der Waals surface area contributed by atoms with E-state index >= 15 is 0 Å². The molecule has 1 heterocycles. The predicted molar refractivity (Wildman–Crippen MR) is 73.1 cm³/mol. The molecule has 0 aliphatic carbocycles. The summed E-state index contributed by atoms with van der Waals surface area (Å²) >= 11 is 0.508. The molecule has 0 saturated carbocycles. The van der Waals surface area contributed by atoms with E-state index in [1.807, 2.05) is 0 Å². The van der Waals surface area contributed by atoms with Crippen LogP contribution >= 0.6 is 11.9 Å². The maximum Gasteiger partial charge on any atom is 0.384 e. The summed E-state index contributed by atoms with van der Waals surface area (Å²) in [6.07, 6.45) is -5.49. The molecule has 0 amide bonds. The number of alkyl halides is 12. The first kappa shape index (κ1) is 24.2. The first-order chi connectivity index (χ1) is 11.8. The van der Waals surface area contributed by atoms with Crippen LogP contribution in [0.15, 0.2) is 11.1 Å². The molecule has 14 heteroatoms. The van der Waals surface area contributed by atoms with Crippen molar-refractivity contribution in [1.82, 2.24) is 4.31 Å². The van der Waals surface area contributed by atoms with Crippen LogP contribution in [0.2, 0.25) is 0 Å². The van der Waals surface area contributed by atoms with E-state index in [2.05, 4.69) is 0 Å². The van der Waals surface area contributed by atoms with Crippen molar-refractivity contribution in [2.24, 2.45) is 0 Å². The van der Waals surface area contributed by atoms with Crippen molar-refractivity contribution in [1.29, 1.82) is 0 Å². The zero-order valence-corrected chi connectivity index (χ0v) is 14.4. The van der Waals surface area contributed by atoms with Crippen molar-refractivity contribution in [3.05, 3.63) is 11.1 Å². The van der Waals surface area contributed by atoms with Gasteiger partial charge in [-0.3, -0.25) is 0 Å². The molecule has 0 radical (unpaired) electrons. The monoisotopic (exact) mass is 443 g/mol. The molecule has 1 rings (SSSR count). The van der Waals surface area contributed by atoms with Crippen LogP contribution < -0.4 is 0 Å². The molecule has 0 bridgehead atoms. The molecule has 160 valence electrons. The van der Waals surface area contributed by atoms with Gasteiger partial charge in [0.1, 0.15) is 0 Å². The Morgan fingerprint density at radius 1 is 0.815 bits per heavy atom. The van der Waals surface area contributed by atoms with E-state index in [0.29, 0.717) is 27.4 Å². The Morgan fingerprint density at radius 3 is 1.70 bits per heavy atom. The minimum atomic E-state index is -7.47. The fourth-order valence-corrected chi connectivity index (χ4v) is 3.11. The third-order valence-corrected chi connectivity index (χ3v) is 5.11. The summed E-state index contributed by atoms with van der Waals surface area (Å²) in [6, 6.07) is 0. The lowest BCUT2D eigenvalue weighted by Crippen LogP contribution is -2.69. The number of nitrogens with zero attached hydrogens (tertiary/aromatic N) is 1. The molecule has 0 N–H and O–H groups in total. The second-order valence-electron chi connectivity index (χ2n) is 5.98. The van der Waals surface area contributed by atoms with Gasteiger partial charge < -0.3 is 0 Å². The molecular formula is C13H13F12NS. The van der Waals surface area contributed by atoms with Crippen LogP contribution in [0, 0.1) is 0 Å². The van der Waals surface area contributed by atoms with E-state index in [1.165, 1.54) is 6.92 Å². The van der Waals surface area contributed by atoms with Gasteiger partial charge in [0, 0.05) is 12.3 Å². The zero-order valence-electron chi connectivity index (χ0n) is 13.6. The van der Waals surface area contributed by atoms with Crippen LogP contribution in [0.1, 0.15) is 13.8 Å². The van der Waals surface area contributed by atoms with Crippen LogP contribution in [0.5, 0.6) is 0 Å². The smallest absolute Gasteiger partial charge is 0.240 e. The lowest BCUT2D eigenvalue weighted by Gasteiger charge is -2.40. The van der Waals surface area contributed by atoms with Gasteiger partial charge in [-0.2, -0.15) is 43.9 Å². The van der Waals surface area contributed by atoms with E-state index in [0.717, 1.165) is 0 Å². The summed E-state index contributed by atoms with van der Waals surface area (Å²) in [4.78, 5) is 0. The van der Waals surface area contributed by atoms with Gasteiger partial charge in [0.05, 0.1) is 6.54 Å². The molecule has 0 atom stereocenters. The minimum Gasteiger partial charge on any atom is -0.240 e. The lowest BCUT2D eigenvalue weighted by molar-refractivity contribution is -0.412. The molecule has 0 unspecified atom stereocenters. The fraction of sp³-hybridized carbons (Fsp3) is 0.846. The van der Waals surface area contributed by atoms with E-state index in [4.69, 9.17) is 0 Å². The Hall–Kier alpha value is -0.790. The number of hydrogen-bond acceptors (Lipinski definition) is 2. The van der Waals surface area contributed by atoms with Crippen LogP contribution in [0.4, 0.5) is 52.7 Å². The first-order valence-corrected chi connectivity index (χ1v) is 7.97. The number of hydrogen-bond donors (Lipinski definition) is 0. The van der Waals surface area contributed by atoms with Crippen LogP contribution in [-0.4, -0.2) is 59.2 Å². The molecule has 1 aliphatic rings. The van der Waals surface area contributed by atoms with E-state index < -0.39 is 49.1 Å². The molecule has 0 aromatic heterocycles. The summed E-state index contributed by atoms with van der Waals surface area (Å²) in [5, 5.41) is 0. The zero-order chi connectivity index (χ0) is 21.6. The fourth-order valence-electron chi connectivity index (χ4n) is 1.95. The Bertz CT molecular complexity index is 586. The minimum absolute atomic E-state index is 0.0174. The van der Waals surface area contributed by atoms with Gasteiger partial charge >= 0.3 is 36.0 Å². The molecule has 0 aromatic rings. The largest absolute Gasteiger partial charge is 0.384 e. The summed E-state index contributed by atoms with van der Waals surface area (Å²) in [5.74, 6) is -34.8. The number of rotatable bonds is 7. The molecule has 1 nitrogen and oxygen atoms in total. The van der Waals surface area contributed by atoms with Gasteiger partial charge in [0.15, 0.2) is 0 Å². The number of halogens is 12. The molecule has 27 heavy (non-hydrogen) atoms. The van der Waals surface area contributed by atoms with Gasteiger partial charge in [-0.15, -0.1) is 0 Å². The highest BCUT2D eigenvalue weighted by Crippen LogP contribution is 2.58. The van der Waals surface area contributed by atoms with Crippen molar-refractivity contribution >= 4 is 11.9 Å². The molecule has 0 aromatic carbocycles. The molecule has 0 fully saturated rings. The summed E-state index contributed by atoms with van der Waals surface area (Å²) in [5.41, 5.74) is 1.11. The summed E-state index contributed by atoms with van der Waals surface area (Å²) in [6.45, 7) is 0.399. The average molecular weight is 443 g/mol. The molecular weight excluding hydrogens is 430 g/mol. The Kier molecular flexibility index (Phi) is 6.49. The van der Waals surface area contributed by atoms with Gasteiger partial charge in [-0.05, 0) is 13.8 Å². The second-order valence-corrected chi connectivity index (χ2v) is 7.05. The van der Waals surface area contributed by atoms with Gasteiger partial charge in [0.2, 0.25) is 0 Å². The SMILES string of the molecule is CC1=C(C)CN(CC(F)(F)C(F)(F)C(F)(F)C(F)(F)C(F)(F)C(F)F)SC1. The van der Waals surface area contributed by atoms with Crippen molar-refractivity contribution in [3.63, 3.8) is 0 Å². The van der Waals surface area contributed by atoms with Gasteiger partial charge in [0.25, 0.3) is 0 Å². The van der Waals surface area contributed by atoms with Crippen LogP contribution in [0.25, 0.3) is 0 Å². The Balaban J connectivity index is 3.21. The van der Waals surface area contributed by atoms with Gasteiger partial charge in [-0.1, -0.05) is 23.1 Å². The van der Waals surface area contributed by atoms with E-state index in [1.54, 1.807) is 6.92 Å². The second kappa shape index (κ2) is 7.23. The quantitative estimate of drug-likeness (QED) is 0.281. The third-order valence-electron chi connectivity index (χ3n) is 3.92. The van der Waals surface area contributed by atoms with Crippen molar-refractivity contribution in [2.45, 2.75) is 49.9 Å². The summed E-state index contributed by atoms with van der Waals surface area (Å²) in [7, 11) is 0. The molecule has 0 saturated heterocycles. The van der Waals surface area contributed by atoms with Crippen molar-refractivity contribution in [3.8, 4) is 0 Å². The highest BCUT2D eigenvalue weighted by atomic mass is 32.2. The van der Waals surface area contributed by atoms with Gasteiger partial charge in [-0.25, -0.2) is 13.1 Å². The maximum atomic E-state index is 13.8. The molecule has 1 aliphatic heterocycles. The molecule has 0 spiro atoms. The summed E-state index contributed by atoms with van der Waals surface area (Å²) < 4.78 is 158. The highest BCUT2D eigenvalue weighted by Gasteiger charge is 2.87. The van der Waals surface area contributed by atoms with Crippen molar-refractivity contribution < 1.29 is 52.7 Å². The Morgan fingerprint density at radius 2 is 1.30 bits per heavy atom. The predicted octanol–water partition coefficient (Wildman–Crippen LogP) is 5.73. The van der Waals surface area contributed by atoms with Crippen LogP contribution in [0.3, 0.4) is 0 Å². The van der Waals surface area contributed by atoms with Crippen molar-refractivity contribution in [2.75, 3.05) is 18.8 Å². The Labute approximate surface area is 149 Å². The normalized spacial score (nSPS) is 19.2. The van der Waals surface area contributed by atoms with E-state index in [-0.39, 0.29) is 5.75 Å². The standard InChI is InChI=1S/C13H13F12NS/c1-6-3-26(27-4-7(6)2)5-9(16,17)11(20,21)13(24,25)12(22,23)10(18,19)8(14)15/h8H,3-5H2,1-2H3. The third kappa shape index (κ3) is 3.87. The topological polar surface area (TPSA) is 3.24 Å². The average Bonchev–Trinajstić information content (AvgIpc) is 2.49.